The average molecular weight is 292 g/mol. The normalized spacial score (nSPS) is 13.4. The number of halogens is 1. The molecule has 2 heterocycles. The topological polar surface area (TPSA) is 55.3 Å². The van der Waals surface area contributed by atoms with Crippen molar-refractivity contribution in [1.29, 1.82) is 0 Å². The summed E-state index contributed by atoms with van der Waals surface area (Å²) in [6, 6.07) is 7.53. The Morgan fingerprint density at radius 3 is 3.10 bits per heavy atom. The van der Waals surface area contributed by atoms with Crippen LogP contribution < -0.4 is 15.4 Å². The monoisotopic (exact) mass is 291 g/mol. The molecule has 2 aromatic rings. The maximum absolute atomic E-state index is 11.2. The Labute approximate surface area is 121 Å². The smallest absolute Gasteiger partial charge is 0.262 e. The average Bonchev–Trinajstić information content (AvgIpc) is 2.82. The van der Waals surface area contributed by atoms with E-state index in [0.29, 0.717) is 23.0 Å². The van der Waals surface area contributed by atoms with Crippen molar-refractivity contribution in [3.63, 3.8) is 0 Å². The van der Waals surface area contributed by atoms with Crippen LogP contribution in [0.5, 0.6) is 5.75 Å². The Morgan fingerprint density at radius 1 is 1.50 bits per heavy atom. The van der Waals surface area contributed by atoms with Crippen LogP contribution in [-0.2, 0) is 18.4 Å². The van der Waals surface area contributed by atoms with E-state index < -0.39 is 0 Å². The summed E-state index contributed by atoms with van der Waals surface area (Å²) in [5, 5.41) is 6.54. The van der Waals surface area contributed by atoms with Crippen LogP contribution in [0.3, 0.4) is 0 Å². The second-order valence-electron chi connectivity index (χ2n) is 4.63. The third kappa shape index (κ3) is 2.44. The third-order valence-electron chi connectivity index (χ3n) is 3.21. The number of nitrogens with one attached hydrogen (secondary N) is 2. The maximum Gasteiger partial charge on any atom is 0.262 e. The Bertz CT molecular complexity index is 666. The summed E-state index contributed by atoms with van der Waals surface area (Å²) in [6.07, 6.45) is 1.99. The molecule has 104 valence electrons. The zero-order valence-corrected chi connectivity index (χ0v) is 11.7. The van der Waals surface area contributed by atoms with E-state index in [0.717, 1.165) is 11.4 Å². The van der Waals surface area contributed by atoms with Gasteiger partial charge in [0.25, 0.3) is 5.91 Å². The summed E-state index contributed by atoms with van der Waals surface area (Å²) >= 11 is 6.21. The summed E-state index contributed by atoms with van der Waals surface area (Å²) in [7, 11) is 1.99. The van der Waals surface area contributed by atoms with E-state index in [1.807, 2.05) is 29.9 Å². The Kier molecular flexibility index (Phi) is 3.28. The number of carbonyl (C=O) groups excluding carboxylic acids is 1. The molecule has 2 N–H and O–H groups in total. The van der Waals surface area contributed by atoms with Crippen LogP contribution in [0.4, 0.5) is 11.4 Å². The van der Waals surface area contributed by atoms with E-state index in [2.05, 4.69) is 10.6 Å². The van der Waals surface area contributed by atoms with Crippen LogP contribution in [0.25, 0.3) is 0 Å². The van der Waals surface area contributed by atoms with E-state index in [9.17, 15) is 4.79 Å². The van der Waals surface area contributed by atoms with Crippen molar-refractivity contribution in [3.8, 4) is 5.75 Å². The standard InChI is InChI=1S/C14H14ClN3O2/c1-18-4-2-3-9(18)7-16-11-6-13-12(5-10(11)15)17-14(19)8-20-13/h2-6,16H,7-8H2,1H3,(H,17,19). The number of fused-ring (bicyclic) bond motifs is 1. The van der Waals surface area contributed by atoms with Crippen molar-refractivity contribution in [2.75, 3.05) is 17.2 Å². The van der Waals surface area contributed by atoms with Gasteiger partial charge in [-0.15, -0.1) is 0 Å². The van der Waals surface area contributed by atoms with Crippen LogP contribution in [-0.4, -0.2) is 17.1 Å². The fraction of sp³-hybridized carbons (Fsp3) is 0.214. The molecule has 0 unspecified atom stereocenters. The first-order chi connectivity index (χ1) is 9.63. The van der Waals surface area contributed by atoms with E-state index >= 15 is 0 Å². The van der Waals surface area contributed by atoms with Crippen LogP contribution in [0.15, 0.2) is 30.5 Å². The molecule has 0 spiro atoms. The molecule has 0 atom stereocenters. The minimum Gasteiger partial charge on any atom is -0.482 e. The number of aromatic nitrogens is 1. The van der Waals surface area contributed by atoms with Crippen molar-refractivity contribution in [2.24, 2.45) is 7.05 Å². The van der Waals surface area contributed by atoms with Crippen LogP contribution in [0.2, 0.25) is 5.02 Å². The lowest BCUT2D eigenvalue weighted by Gasteiger charge is -2.20. The first kappa shape index (κ1) is 12.9. The number of hydrogen-bond donors (Lipinski definition) is 2. The van der Waals surface area contributed by atoms with Crippen molar-refractivity contribution >= 4 is 28.9 Å². The molecule has 0 saturated heterocycles. The lowest BCUT2D eigenvalue weighted by atomic mass is 10.2. The number of ether oxygens (including phenoxy) is 1. The highest BCUT2D eigenvalue weighted by molar-refractivity contribution is 6.33. The second kappa shape index (κ2) is 5.09. The molecule has 1 aromatic carbocycles. The molecule has 0 bridgehead atoms. The summed E-state index contributed by atoms with van der Waals surface area (Å²) in [5.74, 6) is 0.460. The molecule has 20 heavy (non-hydrogen) atoms. The van der Waals surface area contributed by atoms with E-state index in [1.165, 1.54) is 0 Å². The van der Waals surface area contributed by atoms with Gasteiger partial charge in [0.15, 0.2) is 6.61 Å². The minimum absolute atomic E-state index is 0.0336. The molecule has 0 fully saturated rings. The van der Waals surface area contributed by atoms with Crippen LogP contribution in [0.1, 0.15) is 5.69 Å². The molecule has 5 nitrogen and oxygen atoms in total. The fourth-order valence-electron chi connectivity index (χ4n) is 2.10. The number of benzene rings is 1. The van der Waals surface area contributed by atoms with E-state index in [1.54, 1.807) is 12.1 Å². The van der Waals surface area contributed by atoms with Gasteiger partial charge in [-0.3, -0.25) is 4.79 Å². The number of anilines is 2. The molecule has 0 saturated carbocycles. The van der Waals surface area contributed by atoms with Crippen molar-refractivity contribution in [2.45, 2.75) is 6.54 Å². The van der Waals surface area contributed by atoms with Gasteiger partial charge < -0.3 is 19.9 Å². The third-order valence-corrected chi connectivity index (χ3v) is 3.53. The van der Waals surface area contributed by atoms with E-state index in [-0.39, 0.29) is 12.5 Å². The van der Waals surface area contributed by atoms with Crippen molar-refractivity contribution < 1.29 is 9.53 Å². The zero-order chi connectivity index (χ0) is 14.1. The first-order valence-corrected chi connectivity index (χ1v) is 6.61. The van der Waals surface area contributed by atoms with Gasteiger partial charge >= 0.3 is 0 Å². The second-order valence-corrected chi connectivity index (χ2v) is 5.04. The first-order valence-electron chi connectivity index (χ1n) is 6.24. The summed E-state index contributed by atoms with van der Waals surface area (Å²) in [4.78, 5) is 11.2. The van der Waals surface area contributed by atoms with Crippen LogP contribution >= 0.6 is 11.6 Å². The molecule has 1 aliphatic rings. The highest BCUT2D eigenvalue weighted by atomic mass is 35.5. The predicted molar refractivity (Wildman–Crippen MR) is 78.3 cm³/mol. The summed E-state index contributed by atoms with van der Waals surface area (Å²) < 4.78 is 7.41. The van der Waals surface area contributed by atoms with E-state index in [4.69, 9.17) is 16.3 Å². The van der Waals surface area contributed by atoms with Gasteiger partial charge in [-0.2, -0.15) is 0 Å². The SMILES string of the molecule is Cn1cccc1CNc1cc2c(cc1Cl)NC(=O)CO2. The van der Waals surface area contributed by atoms with Gasteiger partial charge in [0.1, 0.15) is 5.75 Å². The Balaban J connectivity index is 1.80. The maximum atomic E-state index is 11.2. The number of carbonyl (C=O) groups is 1. The number of amides is 1. The van der Waals surface area contributed by atoms with Crippen molar-refractivity contribution in [3.05, 3.63) is 41.2 Å². The Hall–Kier alpha value is -2.14. The molecule has 3 rings (SSSR count). The molecule has 1 aliphatic heterocycles. The summed E-state index contributed by atoms with van der Waals surface area (Å²) in [6.45, 7) is 0.695. The highest BCUT2D eigenvalue weighted by Gasteiger charge is 2.18. The van der Waals surface area contributed by atoms with Crippen molar-refractivity contribution in [1.82, 2.24) is 4.57 Å². The van der Waals surface area contributed by atoms with Gasteiger partial charge in [-0.1, -0.05) is 11.6 Å². The molecule has 6 heteroatoms. The fourth-order valence-corrected chi connectivity index (χ4v) is 2.33. The van der Waals surface area contributed by atoms with Gasteiger partial charge in [0, 0.05) is 25.0 Å². The zero-order valence-electron chi connectivity index (χ0n) is 10.9. The molecule has 1 amide bonds. The predicted octanol–water partition coefficient (Wildman–Crippen LogP) is 2.62. The number of nitrogens with zero attached hydrogens (tertiary/aromatic N) is 1. The quantitative estimate of drug-likeness (QED) is 0.914. The number of aryl methyl sites for hydroxylation is 1. The summed E-state index contributed by atoms with van der Waals surface area (Å²) in [5.41, 5.74) is 2.53. The lowest BCUT2D eigenvalue weighted by Crippen LogP contribution is -2.25. The largest absolute Gasteiger partial charge is 0.482 e. The molecule has 0 radical (unpaired) electrons. The molecule has 0 aliphatic carbocycles. The number of rotatable bonds is 3. The van der Waals surface area contributed by atoms with Gasteiger partial charge in [0.05, 0.1) is 22.9 Å². The minimum atomic E-state index is -0.168. The molecular weight excluding hydrogens is 278 g/mol. The van der Waals surface area contributed by atoms with Gasteiger partial charge in [-0.25, -0.2) is 0 Å². The lowest BCUT2D eigenvalue weighted by molar-refractivity contribution is -0.118. The van der Waals surface area contributed by atoms with Gasteiger partial charge in [0.2, 0.25) is 0 Å². The molecular formula is C14H14ClN3O2. The Morgan fingerprint density at radius 2 is 2.35 bits per heavy atom. The number of hydrogen-bond acceptors (Lipinski definition) is 3. The molecule has 1 aromatic heterocycles. The van der Waals surface area contributed by atoms with Gasteiger partial charge in [-0.05, 0) is 18.2 Å². The highest BCUT2D eigenvalue weighted by Crippen LogP contribution is 2.36. The van der Waals surface area contributed by atoms with Crippen LogP contribution in [0, 0.1) is 0 Å².